The van der Waals surface area contributed by atoms with E-state index in [2.05, 4.69) is 11.6 Å². The van der Waals surface area contributed by atoms with E-state index < -0.39 is 15.1 Å². The smallest absolute Gasteiger partial charge is 0.188 e. The average Bonchev–Trinajstić information content (AvgIpc) is 2.49. The maximum Gasteiger partial charge on any atom is 0.188 e. The van der Waals surface area contributed by atoms with Gasteiger partial charge in [0.25, 0.3) is 0 Å². The first-order valence-corrected chi connectivity index (χ1v) is 7.69. The third kappa shape index (κ3) is 2.79. The summed E-state index contributed by atoms with van der Waals surface area (Å²) in [6.45, 7) is 4.03. The maximum atomic E-state index is 12.6. The van der Waals surface area contributed by atoms with E-state index in [4.69, 9.17) is 5.73 Å². The van der Waals surface area contributed by atoms with Crippen molar-refractivity contribution in [3.63, 3.8) is 0 Å². The first kappa shape index (κ1) is 14.4. The molecule has 0 spiro atoms. The summed E-state index contributed by atoms with van der Waals surface area (Å²) in [6.07, 6.45) is 4.57. The number of benzene rings is 1. The number of nitrogens with two attached hydrogens (primary N) is 1. The van der Waals surface area contributed by atoms with Crippen LogP contribution in [0.5, 0.6) is 0 Å². The minimum Gasteiger partial charge on any atom is -0.326 e. The fourth-order valence-corrected chi connectivity index (χ4v) is 3.53. The van der Waals surface area contributed by atoms with Gasteiger partial charge in [-0.3, -0.25) is 4.98 Å². The Morgan fingerprint density at radius 1 is 1.15 bits per heavy atom. The third-order valence-corrected chi connectivity index (χ3v) is 5.13. The number of sulfone groups is 1. The van der Waals surface area contributed by atoms with Gasteiger partial charge in [0.05, 0.1) is 4.90 Å². The Kier molecular flexibility index (Phi) is 4.32. The zero-order valence-corrected chi connectivity index (χ0v) is 11.8. The van der Waals surface area contributed by atoms with E-state index in [1.54, 1.807) is 48.8 Å². The number of pyridine rings is 1. The second kappa shape index (κ2) is 5.98. The van der Waals surface area contributed by atoms with Gasteiger partial charge in [0.1, 0.15) is 5.25 Å². The summed E-state index contributed by atoms with van der Waals surface area (Å²) in [6, 6.07) is 9.96. The maximum absolute atomic E-state index is 12.6. The fraction of sp³-hybridized carbons (Fsp3) is 0.133. The van der Waals surface area contributed by atoms with Gasteiger partial charge in [0.2, 0.25) is 0 Å². The summed E-state index contributed by atoms with van der Waals surface area (Å²) in [5, 5.41) is -0.783. The van der Waals surface area contributed by atoms with Crippen molar-refractivity contribution in [1.82, 2.24) is 4.98 Å². The lowest BCUT2D eigenvalue weighted by atomic mass is 10.2. The van der Waals surface area contributed by atoms with Gasteiger partial charge in [0, 0.05) is 18.9 Å². The number of rotatable bonds is 5. The molecule has 1 unspecified atom stereocenters. The SMILES string of the molecule is C=CC(c1ccncc1)S(=O)(=O)c1ccc(CN)cc1. The molecule has 1 atom stereocenters. The summed E-state index contributed by atoms with van der Waals surface area (Å²) in [5.74, 6) is 0. The van der Waals surface area contributed by atoms with Gasteiger partial charge in [-0.2, -0.15) is 0 Å². The van der Waals surface area contributed by atoms with Crippen molar-refractivity contribution in [2.75, 3.05) is 0 Å². The van der Waals surface area contributed by atoms with Crippen molar-refractivity contribution >= 4 is 9.84 Å². The van der Waals surface area contributed by atoms with E-state index in [0.29, 0.717) is 12.1 Å². The Balaban J connectivity index is 2.44. The van der Waals surface area contributed by atoms with Crippen LogP contribution in [0, 0.1) is 0 Å². The van der Waals surface area contributed by atoms with Crippen LogP contribution in [0.4, 0.5) is 0 Å². The molecule has 1 aromatic carbocycles. The first-order chi connectivity index (χ1) is 9.59. The number of hydrogen-bond donors (Lipinski definition) is 1. The third-order valence-electron chi connectivity index (χ3n) is 3.07. The zero-order valence-electron chi connectivity index (χ0n) is 10.9. The molecular weight excluding hydrogens is 272 g/mol. The summed E-state index contributed by atoms with van der Waals surface area (Å²) >= 11 is 0. The molecule has 0 aliphatic heterocycles. The monoisotopic (exact) mass is 288 g/mol. The lowest BCUT2D eigenvalue weighted by Crippen LogP contribution is -2.12. The number of hydrogen-bond acceptors (Lipinski definition) is 4. The molecule has 104 valence electrons. The van der Waals surface area contributed by atoms with E-state index in [0.717, 1.165) is 5.56 Å². The summed E-state index contributed by atoms with van der Waals surface area (Å²) in [7, 11) is -3.52. The largest absolute Gasteiger partial charge is 0.326 e. The molecule has 5 heteroatoms. The highest BCUT2D eigenvalue weighted by Gasteiger charge is 2.26. The van der Waals surface area contributed by atoms with Crippen LogP contribution in [-0.4, -0.2) is 13.4 Å². The van der Waals surface area contributed by atoms with E-state index in [9.17, 15) is 8.42 Å². The lowest BCUT2D eigenvalue weighted by molar-refractivity contribution is 0.590. The Hall–Kier alpha value is -1.98. The molecule has 2 rings (SSSR count). The number of aromatic nitrogens is 1. The van der Waals surface area contributed by atoms with Gasteiger partial charge in [-0.1, -0.05) is 18.2 Å². The molecule has 2 N–H and O–H groups in total. The number of nitrogens with zero attached hydrogens (tertiary/aromatic N) is 1. The molecule has 0 saturated heterocycles. The van der Waals surface area contributed by atoms with E-state index in [1.165, 1.54) is 6.08 Å². The topological polar surface area (TPSA) is 73.0 Å². The highest BCUT2D eigenvalue weighted by molar-refractivity contribution is 7.91. The summed E-state index contributed by atoms with van der Waals surface area (Å²) in [4.78, 5) is 4.16. The van der Waals surface area contributed by atoms with Crippen LogP contribution in [0.15, 0.2) is 66.3 Å². The zero-order chi connectivity index (χ0) is 14.6. The molecule has 0 amide bonds. The second-order valence-corrected chi connectivity index (χ2v) is 6.40. The van der Waals surface area contributed by atoms with Gasteiger partial charge in [-0.25, -0.2) is 8.42 Å². The lowest BCUT2D eigenvalue weighted by Gasteiger charge is -2.14. The summed E-state index contributed by atoms with van der Waals surface area (Å²) < 4.78 is 25.3. The molecule has 0 fully saturated rings. The molecule has 0 bridgehead atoms. The predicted octanol–water partition coefficient (Wildman–Crippen LogP) is 2.24. The van der Waals surface area contributed by atoms with Crippen molar-refractivity contribution in [2.45, 2.75) is 16.7 Å². The van der Waals surface area contributed by atoms with Gasteiger partial charge in [-0.15, -0.1) is 6.58 Å². The first-order valence-electron chi connectivity index (χ1n) is 6.15. The van der Waals surface area contributed by atoms with Crippen molar-refractivity contribution in [3.05, 3.63) is 72.6 Å². The van der Waals surface area contributed by atoms with Crippen LogP contribution < -0.4 is 5.73 Å². The molecule has 0 radical (unpaired) electrons. The van der Waals surface area contributed by atoms with Gasteiger partial charge in [0.15, 0.2) is 9.84 Å². The van der Waals surface area contributed by atoms with E-state index >= 15 is 0 Å². The molecule has 20 heavy (non-hydrogen) atoms. The van der Waals surface area contributed by atoms with Crippen LogP contribution in [0.3, 0.4) is 0 Å². The van der Waals surface area contributed by atoms with Gasteiger partial charge >= 0.3 is 0 Å². The molecule has 4 nitrogen and oxygen atoms in total. The minimum absolute atomic E-state index is 0.261. The molecule has 0 aliphatic carbocycles. The van der Waals surface area contributed by atoms with Crippen LogP contribution in [0.1, 0.15) is 16.4 Å². The Labute approximate surface area is 118 Å². The van der Waals surface area contributed by atoms with Crippen molar-refractivity contribution in [3.8, 4) is 0 Å². The van der Waals surface area contributed by atoms with Crippen molar-refractivity contribution in [2.24, 2.45) is 5.73 Å². The van der Waals surface area contributed by atoms with Crippen LogP contribution in [0.25, 0.3) is 0 Å². The van der Waals surface area contributed by atoms with Crippen molar-refractivity contribution < 1.29 is 8.42 Å². The standard InChI is InChI=1S/C15H16N2O2S/c1-2-15(13-7-9-17-10-8-13)20(18,19)14-5-3-12(11-16)4-6-14/h2-10,15H,1,11,16H2. The molecule has 1 heterocycles. The Morgan fingerprint density at radius 3 is 2.25 bits per heavy atom. The minimum atomic E-state index is -3.52. The average molecular weight is 288 g/mol. The predicted molar refractivity (Wildman–Crippen MR) is 78.7 cm³/mol. The fourth-order valence-electron chi connectivity index (χ4n) is 1.96. The van der Waals surface area contributed by atoms with E-state index in [1.807, 2.05) is 0 Å². The highest BCUT2D eigenvalue weighted by atomic mass is 32.2. The van der Waals surface area contributed by atoms with Crippen LogP contribution >= 0.6 is 0 Å². The normalized spacial score (nSPS) is 12.8. The molecular formula is C15H16N2O2S. The Bertz CT molecular complexity index is 680. The molecule has 0 saturated carbocycles. The molecule has 1 aromatic heterocycles. The van der Waals surface area contributed by atoms with Crippen LogP contribution in [0.2, 0.25) is 0 Å². The summed E-state index contributed by atoms with van der Waals surface area (Å²) in [5.41, 5.74) is 7.06. The van der Waals surface area contributed by atoms with E-state index in [-0.39, 0.29) is 4.90 Å². The van der Waals surface area contributed by atoms with Gasteiger partial charge in [-0.05, 0) is 35.4 Å². The quantitative estimate of drug-likeness (QED) is 0.856. The highest BCUT2D eigenvalue weighted by Crippen LogP contribution is 2.29. The second-order valence-electron chi connectivity index (χ2n) is 4.33. The molecule has 2 aromatic rings. The van der Waals surface area contributed by atoms with Crippen molar-refractivity contribution in [1.29, 1.82) is 0 Å². The molecule has 0 aliphatic rings. The van der Waals surface area contributed by atoms with Crippen LogP contribution in [-0.2, 0) is 16.4 Å². The van der Waals surface area contributed by atoms with Gasteiger partial charge < -0.3 is 5.73 Å². The Morgan fingerprint density at radius 2 is 1.75 bits per heavy atom.